The maximum Gasteiger partial charge on any atom is 0.387 e. The van der Waals surface area contributed by atoms with E-state index < -0.39 is 18.5 Å². The van der Waals surface area contributed by atoms with Crippen molar-refractivity contribution in [3.05, 3.63) is 29.8 Å². The molecule has 0 atom stereocenters. The van der Waals surface area contributed by atoms with Gasteiger partial charge in [0, 0.05) is 5.56 Å². The standard InChI is InChI=1S/C12H13F2NO4/c1-2-18-10(16)7-15-11(17)8-3-5-9(6-4-8)19-12(13)14/h3-6,12H,2,7H2,1H3,(H,15,17). The molecule has 1 rings (SSSR count). The monoisotopic (exact) mass is 273 g/mol. The maximum atomic E-state index is 11.9. The van der Waals surface area contributed by atoms with Crippen LogP contribution in [0.15, 0.2) is 24.3 Å². The van der Waals surface area contributed by atoms with Gasteiger partial charge in [0.1, 0.15) is 12.3 Å². The Morgan fingerprint density at radius 1 is 1.26 bits per heavy atom. The number of rotatable bonds is 6. The van der Waals surface area contributed by atoms with E-state index in [1.165, 1.54) is 24.3 Å². The molecule has 0 fully saturated rings. The third kappa shape index (κ3) is 5.33. The summed E-state index contributed by atoms with van der Waals surface area (Å²) in [6.07, 6.45) is 0. The van der Waals surface area contributed by atoms with Crippen LogP contribution < -0.4 is 10.1 Å². The summed E-state index contributed by atoms with van der Waals surface area (Å²) in [5, 5.41) is 2.34. The molecule has 1 N–H and O–H groups in total. The molecule has 5 nitrogen and oxygen atoms in total. The summed E-state index contributed by atoms with van der Waals surface area (Å²) in [7, 11) is 0. The Kier molecular flexibility index (Phi) is 5.72. The number of halogens is 2. The van der Waals surface area contributed by atoms with Crippen molar-refractivity contribution in [1.82, 2.24) is 5.32 Å². The number of alkyl halides is 2. The number of carbonyl (C=O) groups is 2. The molecule has 0 spiro atoms. The highest BCUT2D eigenvalue weighted by Crippen LogP contribution is 2.14. The van der Waals surface area contributed by atoms with E-state index in [1.54, 1.807) is 6.92 Å². The van der Waals surface area contributed by atoms with Crippen molar-refractivity contribution in [3.63, 3.8) is 0 Å². The van der Waals surface area contributed by atoms with Crippen molar-refractivity contribution >= 4 is 11.9 Å². The summed E-state index contributed by atoms with van der Waals surface area (Å²) < 4.78 is 32.6. The van der Waals surface area contributed by atoms with Gasteiger partial charge in [-0.3, -0.25) is 9.59 Å². The first-order chi connectivity index (χ1) is 9.02. The van der Waals surface area contributed by atoms with Crippen molar-refractivity contribution in [2.24, 2.45) is 0 Å². The normalized spacial score (nSPS) is 10.1. The molecule has 0 radical (unpaired) electrons. The lowest BCUT2D eigenvalue weighted by molar-refractivity contribution is -0.141. The van der Waals surface area contributed by atoms with Crippen LogP contribution in [-0.4, -0.2) is 31.6 Å². The fourth-order valence-electron chi connectivity index (χ4n) is 1.25. The third-order valence-electron chi connectivity index (χ3n) is 2.04. The Morgan fingerprint density at radius 2 is 1.89 bits per heavy atom. The van der Waals surface area contributed by atoms with Crippen molar-refractivity contribution in [2.75, 3.05) is 13.2 Å². The van der Waals surface area contributed by atoms with Crippen LogP contribution in [0.1, 0.15) is 17.3 Å². The van der Waals surface area contributed by atoms with E-state index in [0.717, 1.165) is 0 Å². The first-order valence-electron chi connectivity index (χ1n) is 5.51. The SMILES string of the molecule is CCOC(=O)CNC(=O)c1ccc(OC(F)F)cc1. The molecule has 19 heavy (non-hydrogen) atoms. The van der Waals surface area contributed by atoms with Gasteiger partial charge in [0.2, 0.25) is 0 Å². The van der Waals surface area contributed by atoms with Gasteiger partial charge in [-0.15, -0.1) is 0 Å². The van der Waals surface area contributed by atoms with Gasteiger partial charge < -0.3 is 14.8 Å². The fourth-order valence-corrected chi connectivity index (χ4v) is 1.25. The predicted molar refractivity (Wildman–Crippen MR) is 62.0 cm³/mol. The average molecular weight is 273 g/mol. The highest BCUT2D eigenvalue weighted by molar-refractivity contribution is 5.95. The number of nitrogens with one attached hydrogen (secondary N) is 1. The smallest absolute Gasteiger partial charge is 0.387 e. The van der Waals surface area contributed by atoms with Crippen LogP contribution in [0.5, 0.6) is 5.75 Å². The van der Waals surface area contributed by atoms with Gasteiger partial charge in [0.05, 0.1) is 6.61 Å². The van der Waals surface area contributed by atoms with Crippen LogP contribution in [0.25, 0.3) is 0 Å². The van der Waals surface area contributed by atoms with Crippen LogP contribution in [0, 0.1) is 0 Å². The van der Waals surface area contributed by atoms with Crippen molar-refractivity contribution in [3.8, 4) is 5.75 Å². The molecule has 104 valence electrons. The first kappa shape index (κ1) is 14.9. The quantitative estimate of drug-likeness (QED) is 0.799. The lowest BCUT2D eigenvalue weighted by Crippen LogP contribution is -2.30. The van der Waals surface area contributed by atoms with E-state index in [9.17, 15) is 18.4 Å². The number of hydrogen-bond acceptors (Lipinski definition) is 4. The lowest BCUT2D eigenvalue weighted by atomic mass is 10.2. The molecule has 0 bridgehead atoms. The van der Waals surface area contributed by atoms with E-state index in [2.05, 4.69) is 14.8 Å². The maximum absolute atomic E-state index is 11.9. The molecule has 7 heteroatoms. The molecule has 0 saturated heterocycles. The molecule has 1 aromatic carbocycles. The summed E-state index contributed by atoms with van der Waals surface area (Å²) in [6.45, 7) is -1.28. The van der Waals surface area contributed by atoms with E-state index >= 15 is 0 Å². The highest BCUT2D eigenvalue weighted by Gasteiger charge is 2.09. The average Bonchev–Trinajstić information content (AvgIpc) is 2.36. The molecule has 1 aromatic rings. The largest absolute Gasteiger partial charge is 0.465 e. The van der Waals surface area contributed by atoms with Gasteiger partial charge in [-0.05, 0) is 31.2 Å². The summed E-state index contributed by atoms with van der Waals surface area (Å²) in [5.74, 6) is -1.10. The van der Waals surface area contributed by atoms with Crippen LogP contribution in [0.4, 0.5) is 8.78 Å². The van der Waals surface area contributed by atoms with Crippen LogP contribution >= 0.6 is 0 Å². The van der Waals surface area contributed by atoms with Crippen LogP contribution in [-0.2, 0) is 9.53 Å². The minimum Gasteiger partial charge on any atom is -0.465 e. The lowest BCUT2D eigenvalue weighted by Gasteiger charge is -2.06. The molecule has 0 unspecified atom stereocenters. The second-order valence-corrected chi connectivity index (χ2v) is 3.39. The minimum absolute atomic E-state index is 0.0445. The minimum atomic E-state index is -2.91. The van der Waals surface area contributed by atoms with Gasteiger partial charge in [0.15, 0.2) is 0 Å². The molecule has 0 aliphatic heterocycles. The number of amides is 1. The van der Waals surface area contributed by atoms with Crippen LogP contribution in [0.2, 0.25) is 0 Å². The summed E-state index contributed by atoms with van der Waals surface area (Å²) in [6, 6.07) is 5.12. The topological polar surface area (TPSA) is 64.6 Å². The van der Waals surface area contributed by atoms with E-state index in [1.807, 2.05) is 0 Å². The second kappa shape index (κ2) is 7.30. The molecule has 0 aromatic heterocycles. The molecular formula is C12H13F2NO4. The third-order valence-corrected chi connectivity index (χ3v) is 2.04. The van der Waals surface area contributed by atoms with Gasteiger partial charge >= 0.3 is 12.6 Å². The van der Waals surface area contributed by atoms with Crippen LogP contribution in [0.3, 0.4) is 0 Å². The number of ether oxygens (including phenoxy) is 2. The van der Waals surface area contributed by atoms with E-state index in [4.69, 9.17) is 0 Å². The molecular weight excluding hydrogens is 260 g/mol. The van der Waals surface area contributed by atoms with Gasteiger partial charge in [-0.1, -0.05) is 0 Å². The molecule has 0 saturated carbocycles. The molecule has 0 aliphatic rings. The number of esters is 1. The summed E-state index contributed by atoms with van der Waals surface area (Å²) in [4.78, 5) is 22.6. The number of benzene rings is 1. The first-order valence-corrected chi connectivity index (χ1v) is 5.51. The van der Waals surface area contributed by atoms with Gasteiger partial charge in [0.25, 0.3) is 5.91 Å². The molecule has 1 amide bonds. The van der Waals surface area contributed by atoms with Crippen molar-refractivity contribution < 1.29 is 27.8 Å². The zero-order valence-electron chi connectivity index (χ0n) is 10.2. The Hall–Kier alpha value is -2.18. The highest BCUT2D eigenvalue weighted by atomic mass is 19.3. The Balaban J connectivity index is 2.51. The Labute approximate surface area is 108 Å². The summed E-state index contributed by atoms with van der Waals surface area (Å²) >= 11 is 0. The van der Waals surface area contributed by atoms with E-state index in [0.29, 0.717) is 0 Å². The van der Waals surface area contributed by atoms with Gasteiger partial charge in [-0.25, -0.2) is 0 Å². The van der Waals surface area contributed by atoms with Crippen molar-refractivity contribution in [1.29, 1.82) is 0 Å². The zero-order valence-corrected chi connectivity index (χ0v) is 10.2. The Bertz CT molecular complexity index is 434. The number of carbonyl (C=O) groups excluding carboxylic acids is 2. The summed E-state index contributed by atoms with van der Waals surface area (Å²) in [5.41, 5.74) is 0.228. The zero-order chi connectivity index (χ0) is 14.3. The van der Waals surface area contributed by atoms with E-state index in [-0.39, 0.29) is 24.5 Å². The molecule has 0 heterocycles. The van der Waals surface area contributed by atoms with Gasteiger partial charge in [-0.2, -0.15) is 8.78 Å². The fraction of sp³-hybridized carbons (Fsp3) is 0.333. The second-order valence-electron chi connectivity index (χ2n) is 3.39. The number of hydrogen-bond donors (Lipinski definition) is 1. The van der Waals surface area contributed by atoms with Crippen molar-refractivity contribution in [2.45, 2.75) is 13.5 Å². The predicted octanol–water partition coefficient (Wildman–Crippen LogP) is 1.58. The molecule has 0 aliphatic carbocycles. The Morgan fingerprint density at radius 3 is 2.42 bits per heavy atom.